The van der Waals surface area contributed by atoms with E-state index in [1.807, 2.05) is 30.0 Å². The molecule has 2 heterocycles. The number of aromatic nitrogens is 4. The first-order valence-electron chi connectivity index (χ1n) is 7.73. The molecule has 1 aromatic heterocycles. The minimum atomic E-state index is 0.0371. The number of para-hydroxylation sites is 2. The molecule has 23 heavy (non-hydrogen) atoms. The smallest absolute Gasteiger partial charge is 0.244 e. The number of rotatable bonds is 5. The van der Waals surface area contributed by atoms with Gasteiger partial charge in [0.05, 0.1) is 12.3 Å². The summed E-state index contributed by atoms with van der Waals surface area (Å²) in [4.78, 5) is 16.3. The summed E-state index contributed by atoms with van der Waals surface area (Å²) in [6.07, 6.45) is 1.45. The molecule has 1 saturated heterocycles. The third kappa shape index (κ3) is 3.58. The largest absolute Gasteiger partial charge is 0.492 e. The third-order valence-corrected chi connectivity index (χ3v) is 3.83. The molecule has 2 aromatic rings. The van der Waals surface area contributed by atoms with Crippen LogP contribution in [0.5, 0.6) is 5.75 Å². The van der Waals surface area contributed by atoms with E-state index in [2.05, 4.69) is 26.5 Å². The number of carbonyl (C=O) groups is 1. The predicted molar refractivity (Wildman–Crippen MR) is 84.2 cm³/mol. The Balaban J connectivity index is 1.59. The van der Waals surface area contributed by atoms with Crippen LogP contribution in [0, 0.1) is 0 Å². The maximum atomic E-state index is 12.2. The van der Waals surface area contributed by atoms with Crippen LogP contribution >= 0.6 is 0 Å². The molecule has 0 radical (unpaired) electrons. The van der Waals surface area contributed by atoms with Gasteiger partial charge in [-0.05, 0) is 29.5 Å². The second-order valence-electron chi connectivity index (χ2n) is 5.28. The number of benzene rings is 1. The second-order valence-corrected chi connectivity index (χ2v) is 5.28. The van der Waals surface area contributed by atoms with Gasteiger partial charge in [-0.3, -0.25) is 4.79 Å². The van der Waals surface area contributed by atoms with Crippen LogP contribution in [0.15, 0.2) is 30.6 Å². The third-order valence-electron chi connectivity index (χ3n) is 3.83. The summed E-state index contributed by atoms with van der Waals surface area (Å²) in [5.74, 6) is 0.929. The van der Waals surface area contributed by atoms with Crippen LogP contribution in [-0.2, 0) is 11.3 Å². The van der Waals surface area contributed by atoms with E-state index in [-0.39, 0.29) is 12.5 Å². The lowest BCUT2D eigenvalue weighted by Gasteiger charge is -2.36. The highest BCUT2D eigenvalue weighted by Crippen LogP contribution is 2.28. The first-order valence-corrected chi connectivity index (χ1v) is 7.73. The Morgan fingerprint density at radius 1 is 1.22 bits per heavy atom. The Labute approximate surface area is 134 Å². The average Bonchev–Trinajstić information content (AvgIpc) is 3.09. The topological polar surface area (TPSA) is 76.4 Å². The SMILES string of the molecule is CCOc1ccccc1N1CCN(C(=O)Cn2cnnn2)CC1. The van der Waals surface area contributed by atoms with Crippen molar-refractivity contribution in [1.82, 2.24) is 25.1 Å². The minimum absolute atomic E-state index is 0.0371. The minimum Gasteiger partial charge on any atom is -0.492 e. The molecule has 122 valence electrons. The molecule has 1 aromatic carbocycles. The van der Waals surface area contributed by atoms with Gasteiger partial charge in [-0.25, -0.2) is 4.68 Å². The van der Waals surface area contributed by atoms with Crippen LogP contribution in [0.1, 0.15) is 6.92 Å². The first kappa shape index (κ1) is 15.3. The summed E-state index contributed by atoms with van der Waals surface area (Å²) >= 11 is 0. The van der Waals surface area contributed by atoms with Gasteiger partial charge in [-0.1, -0.05) is 12.1 Å². The average molecular weight is 316 g/mol. The summed E-state index contributed by atoms with van der Waals surface area (Å²) in [6.45, 7) is 5.73. The van der Waals surface area contributed by atoms with Crippen molar-refractivity contribution in [3.05, 3.63) is 30.6 Å². The van der Waals surface area contributed by atoms with Gasteiger partial charge in [0, 0.05) is 26.2 Å². The van der Waals surface area contributed by atoms with Crippen molar-refractivity contribution in [2.45, 2.75) is 13.5 Å². The number of nitrogens with zero attached hydrogens (tertiary/aromatic N) is 6. The number of ether oxygens (including phenoxy) is 1. The Morgan fingerprint density at radius 3 is 2.70 bits per heavy atom. The van der Waals surface area contributed by atoms with E-state index >= 15 is 0 Å². The number of tetrazole rings is 1. The molecule has 0 aliphatic carbocycles. The molecule has 0 saturated carbocycles. The zero-order chi connectivity index (χ0) is 16.1. The lowest BCUT2D eigenvalue weighted by molar-refractivity contribution is -0.132. The van der Waals surface area contributed by atoms with E-state index < -0.39 is 0 Å². The Morgan fingerprint density at radius 2 is 2.00 bits per heavy atom. The predicted octanol–water partition coefficient (Wildman–Crippen LogP) is 0.421. The lowest BCUT2D eigenvalue weighted by atomic mass is 10.2. The van der Waals surface area contributed by atoms with E-state index in [0.29, 0.717) is 19.7 Å². The number of hydrogen-bond acceptors (Lipinski definition) is 6. The summed E-state index contributed by atoms with van der Waals surface area (Å²) in [7, 11) is 0. The molecule has 0 spiro atoms. The number of amides is 1. The van der Waals surface area contributed by atoms with Crippen LogP contribution in [0.3, 0.4) is 0 Å². The summed E-state index contributed by atoms with van der Waals surface area (Å²) in [5, 5.41) is 10.8. The summed E-state index contributed by atoms with van der Waals surface area (Å²) < 4.78 is 7.13. The lowest BCUT2D eigenvalue weighted by Crippen LogP contribution is -2.49. The van der Waals surface area contributed by atoms with E-state index in [9.17, 15) is 4.79 Å². The van der Waals surface area contributed by atoms with Gasteiger partial charge in [-0.2, -0.15) is 0 Å². The standard InChI is InChI=1S/C15H20N6O2/c1-2-23-14-6-4-3-5-13(14)19-7-9-20(10-8-19)15(22)11-21-12-16-17-18-21/h3-6,12H,2,7-11H2,1H3. The van der Waals surface area contributed by atoms with Gasteiger partial charge in [0.25, 0.3) is 0 Å². The number of piperazine rings is 1. The summed E-state index contributed by atoms with van der Waals surface area (Å²) in [6, 6.07) is 8.02. The quantitative estimate of drug-likeness (QED) is 0.796. The number of hydrogen-bond donors (Lipinski definition) is 0. The molecule has 8 heteroatoms. The van der Waals surface area contributed by atoms with Crippen LogP contribution in [0.4, 0.5) is 5.69 Å². The van der Waals surface area contributed by atoms with E-state index in [1.54, 1.807) is 0 Å². The van der Waals surface area contributed by atoms with Crippen LogP contribution in [-0.4, -0.2) is 63.8 Å². The van der Waals surface area contributed by atoms with Crippen molar-refractivity contribution in [3.63, 3.8) is 0 Å². The highest BCUT2D eigenvalue weighted by atomic mass is 16.5. The molecule has 8 nitrogen and oxygen atoms in total. The molecule has 1 aliphatic rings. The Hall–Kier alpha value is -2.64. The zero-order valence-electron chi connectivity index (χ0n) is 13.1. The van der Waals surface area contributed by atoms with Gasteiger partial charge in [0.1, 0.15) is 18.6 Å². The molecule has 0 N–H and O–H groups in total. The molecule has 0 atom stereocenters. The van der Waals surface area contributed by atoms with E-state index in [0.717, 1.165) is 24.5 Å². The fourth-order valence-corrected chi connectivity index (χ4v) is 2.68. The maximum Gasteiger partial charge on any atom is 0.244 e. The Kier molecular flexibility index (Phi) is 4.70. The Bertz CT molecular complexity index is 637. The molecular formula is C15H20N6O2. The molecule has 0 unspecified atom stereocenters. The molecule has 0 bridgehead atoms. The van der Waals surface area contributed by atoms with Gasteiger partial charge in [0.2, 0.25) is 5.91 Å². The van der Waals surface area contributed by atoms with Crippen LogP contribution in [0.25, 0.3) is 0 Å². The number of carbonyl (C=O) groups excluding carboxylic acids is 1. The molecular weight excluding hydrogens is 296 g/mol. The monoisotopic (exact) mass is 316 g/mol. The van der Waals surface area contributed by atoms with Gasteiger partial charge in [-0.15, -0.1) is 5.10 Å². The fourth-order valence-electron chi connectivity index (χ4n) is 2.68. The van der Waals surface area contributed by atoms with Crippen LogP contribution in [0.2, 0.25) is 0 Å². The van der Waals surface area contributed by atoms with Crippen molar-refractivity contribution in [2.75, 3.05) is 37.7 Å². The molecule has 3 rings (SSSR count). The normalized spacial score (nSPS) is 14.8. The van der Waals surface area contributed by atoms with Gasteiger partial charge < -0.3 is 14.5 Å². The second kappa shape index (κ2) is 7.08. The van der Waals surface area contributed by atoms with Crippen molar-refractivity contribution in [3.8, 4) is 5.75 Å². The van der Waals surface area contributed by atoms with Crippen LogP contribution < -0.4 is 9.64 Å². The zero-order valence-corrected chi connectivity index (χ0v) is 13.1. The highest BCUT2D eigenvalue weighted by molar-refractivity contribution is 5.76. The fraction of sp³-hybridized carbons (Fsp3) is 0.467. The molecule has 1 fully saturated rings. The van der Waals surface area contributed by atoms with E-state index in [1.165, 1.54) is 11.0 Å². The van der Waals surface area contributed by atoms with Crippen molar-refractivity contribution in [2.24, 2.45) is 0 Å². The van der Waals surface area contributed by atoms with Crippen molar-refractivity contribution < 1.29 is 9.53 Å². The number of anilines is 1. The molecule has 1 aliphatic heterocycles. The summed E-state index contributed by atoms with van der Waals surface area (Å²) in [5.41, 5.74) is 1.09. The molecule has 1 amide bonds. The highest BCUT2D eigenvalue weighted by Gasteiger charge is 2.23. The van der Waals surface area contributed by atoms with Crippen molar-refractivity contribution in [1.29, 1.82) is 0 Å². The maximum absolute atomic E-state index is 12.2. The van der Waals surface area contributed by atoms with E-state index in [4.69, 9.17) is 4.74 Å². The van der Waals surface area contributed by atoms with Gasteiger partial charge >= 0.3 is 0 Å². The first-order chi connectivity index (χ1) is 11.3. The van der Waals surface area contributed by atoms with Gasteiger partial charge in [0.15, 0.2) is 0 Å². The van der Waals surface area contributed by atoms with Crippen molar-refractivity contribution >= 4 is 11.6 Å².